The third-order valence-corrected chi connectivity index (χ3v) is 5.18. The molecule has 6 heteroatoms. The van der Waals surface area contributed by atoms with Crippen molar-refractivity contribution in [2.75, 3.05) is 13.1 Å². The largest absolute Gasteiger partial charge is 0.352 e. The molecule has 2 heterocycles. The summed E-state index contributed by atoms with van der Waals surface area (Å²) in [5, 5.41) is 7.27. The van der Waals surface area contributed by atoms with Crippen molar-refractivity contribution in [3.8, 4) is 5.69 Å². The van der Waals surface area contributed by atoms with Gasteiger partial charge in [0.15, 0.2) is 0 Å². The van der Waals surface area contributed by atoms with Gasteiger partial charge < -0.3 is 10.2 Å². The van der Waals surface area contributed by atoms with Crippen LogP contribution in [0.15, 0.2) is 42.7 Å². The molecule has 1 saturated carbocycles. The van der Waals surface area contributed by atoms with Crippen molar-refractivity contribution < 1.29 is 9.59 Å². The summed E-state index contributed by atoms with van der Waals surface area (Å²) in [6.45, 7) is 1.85. The number of nitrogens with one attached hydrogen (secondary N) is 1. The van der Waals surface area contributed by atoms with Crippen LogP contribution in [0.3, 0.4) is 0 Å². The molecule has 1 N–H and O–H groups in total. The second-order valence-electron chi connectivity index (χ2n) is 7.24. The van der Waals surface area contributed by atoms with Gasteiger partial charge in [-0.1, -0.05) is 12.1 Å². The van der Waals surface area contributed by atoms with Gasteiger partial charge in [0, 0.05) is 37.9 Å². The summed E-state index contributed by atoms with van der Waals surface area (Å²) < 4.78 is 1.80. The van der Waals surface area contributed by atoms with Crippen LogP contribution < -0.4 is 5.32 Å². The van der Waals surface area contributed by atoms with Crippen LogP contribution in [0.1, 0.15) is 31.2 Å². The molecule has 2 aliphatic rings. The number of nitrogens with zero attached hydrogens (tertiary/aromatic N) is 3. The highest BCUT2D eigenvalue weighted by Crippen LogP contribution is 2.32. The van der Waals surface area contributed by atoms with Crippen LogP contribution in [0.25, 0.3) is 5.69 Å². The number of benzene rings is 1. The first-order chi connectivity index (χ1) is 12.7. The summed E-state index contributed by atoms with van der Waals surface area (Å²) in [6.07, 6.45) is 7.42. The summed E-state index contributed by atoms with van der Waals surface area (Å²) in [7, 11) is 0. The van der Waals surface area contributed by atoms with E-state index in [9.17, 15) is 9.59 Å². The molecular weight excluding hydrogens is 328 g/mol. The lowest BCUT2D eigenvalue weighted by molar-refractivity contribution is -0.136. The number of likely N-dealkylation sites (tertiary alicyclic amines) is 1. The number of hydrogen-bond donors (Lipinski definition) is 1. The van der Waals surface area contributed by atoms with Crippen LogP contribution in [0, 0.1) is 11.8 Å². The topological polar surface area (TPSA) is 67.2 Å². The number of piperidine rings is 1. The van der Waals surface area contributed by atoms with E-state index in [-0.39, 0.29) is 23.7 Å². The maximum atomic E-state index is 12.6. The van der Waals surface area contributed by atoms with E-state index in [2.05, 4.69) is 10.4 Å². The summed E-state index contributed by atoms with van der Waals surface area (Å²) in [5.74, 6) is 0.416. The van der Waals surface area contributed by atoms with E-state index >= 15 is 0 Å². The number of rotatable bonds is 5. The molecule has 4 rings (SSSR count). The normalized spacial score (nSPS) is 20.0. The third-order valence-electron chi connectivity index (χ3n) is 5.18. The highest BCUT2D eigenvalue weighted by atomic mass is 16.2. The van der Waals surface area contributed by atoms with Crippen LogP contribution in [-0.4, -0.2) is 39.6 Å². The zero-order chi connectivity index (χ0) is 17.9. The first kappa shape index (κ1) is 16.8. The van der Waals surface area contributed by atoms with Gasteiger partial charge in [0.25, 0.3) is 0 Å². The fourth-order valence-electron chi connectivity index (χ4n) is 3.54. The Labute approximate surface area is 153 Å². The zero-order valence-electron chi connectivity index (χ0n) is 14.8. The van der Waals surface area contributed by atoms with Crippen molar-refractivity contribution >= 4 is 11.8 Å². The molecule has 2 fully saturated rings. The maximum Gasteiger partial charge on any atom is 0.225 e. The molecule has 1 unspecified atom stereocenters. The van der Waals surface area contributed by atoms with Gasteiger partial charge in [0.05, 0.1) is 11.6 Å². The summed E-state index contributed by atoms with van der Waals surface area (Å²) in [5.41, 5.74) is 2.01. The standard InChI is InChI=1S/C20H24N4O2/c25-19(17-5-2-10-23(14-17)20(26)16-7-8-16)21-13-15-4-1-6-18(12-15)24-11-3-9-22-24/h1,3-4,6,9,11-12,16-17H,2,5,7-8,10,13-14H2,(H,21,25). The van der Waals surface area contributed by atoms with Crippen molar-refractivity contribution in [3.05, 3.63) is 48.3 Å². The quantitative estimate of drug-likeness (QED) is 0.896. The first-order valence-corrected chi connectivity index (χ1v) is 9.36. The molecule has 0 bridgehead atoms. The number of aromatic nitrogens is 2. The molecule has 26 heavy (non-hydrogen) atoms. The van der Waals surface area contributed by atoms with Crippen molar-refractivity contribution in [3.63, 3.8) is 0 Å². The molecule has 6 nitrogen and oxygen atoms in total. The third kappa shape index (κ3) is 3.79. The van der Waals surface area contributed by atoms with E-state index in [1.54, 1.807) is 10.9 Å². The van der Waals surface area contributed by atoms with Crippen molar-refractivity contribution in [2.45, 2.75) is 32.2 Å². The molecule has 1 aromatic heterocycles. The van der Waals surface area contributed by atoms with Gasteiger partial charge in [-0.25, -0.2) is 4.68 Å². The van der Waals surface area contributed by atoms with Crippen molar-refractivity contribution in [2.24, 2.45) is 11.8 Å². The van der Waals surface area contributed by atoms with E-state index in [0.717, 1.165) is 43.5 Å². The molecule has 0 spiro atoms. The Bertz CT molecular complexity index is 783. The minimum absolute atomic E-state index is 0.0442. The minimum atomic E-state index is -0.0965. The SMILES string of the molecule is O=C(NCc1cccc(-n2cccn2)c1)C1CCCN(C(=O)C2CC2)C1. The van der Waals surface area contributed by atoms with Crippen LogP contribution in [0.5, 0.6) is 0 Å². The molecule has 2 aromatic rings. The van der Waals surface area contributed by atoms with Gasteiger partial charge in [-0.05, 0) is 49.4 Å². The zero-order valence-corrected chi connectivity index (χ0v) is 14.8. The van der Waals surface area contributed by atoms with Crippen LogP contribution in [-0.2, 0) is 16.1 Å². The van der Waals surface area contributed by atoms with Crippen molar-refractivity contribution in [1.29, 1.82) is 0 Å². The second-order valence-corrected chi connectivity index (χ2v) is 7.24. The maximum absolute atomic E-state index is 12.6. The van der Waals surface area contributed by atoms with Gasteiger partial charge >= 0.3 is 0 Å². The Morgan fingerprint density at radius 1 is 1.15 bits per heavy atom. The van der Waals surface area contributed by atoms with Crippen LogP contribution in [0.4, 0.5) is 0 Å². The first-order valence-electron chi connectivity index (χ1n) is 9.36. The number of carbonyl (C=O) groups is 2. The molecule has 1 aliphatic carbocycles. The highest BCUT2D eigenvalue weighted by molar-refractivity contribution is 5.83. The van der Waals surface area contributed by atoms with Crippen LogP contribution in [0.2, 0.25) is 0 Å². The Balaban J connectivity index is 1.33. The van der Waals surface area contributed by atoms with E-state index in [1.165, 1.54) is 0 Å². The van der Waals surface area contributed by atoms with E-state index in [4.69, 9.17) is 0 Å². The summed E-state index contributed by atoms with van der Waals surface area (Å²) >= 11 is 0. The molecule has 136 valence electrons. The lowest BCUT2D eigenvalue weighted by Crippen LogP contribution is -2.45. The molecule has 1 aromatic carbocycles. The van der Waals surface area contributed by atoms with E-state index < -0.39 is 0 Å². The Morgan fingerprint density at radius 3 is 2.81 bits per heavy atom. The monoisotopic (exact) mass is 352 g/mol. The molecular formula is C20H24N4O2. The molecule has 1 atom stereocenters. The fraction of sp³-hybridized carbons (Fsp3) is 0.450. The van der Waals surface area contributed by atoms with E-state index in [0.29, 0.717) is 13.1 Å². The van der Waals surface area contributed by atoms with Gasteiger partial charge in [-0.3, -0.25) is 9.59 Å². The van der Waals surface area contributed by atoms with Gasteiger partial charge in [0.2, 0.25) is 11.8 Å². The predicted octanol–water partition coefficient (Wildman–Crippen LogP) is 2.14. The lowest BCUT2D eigenvalue weighted by Gasteiger charge is -2.32. The highest BCUT2D eigenvalue weighted by Gasteiger charge is 2.36. The minimum Gasteiger partial charge on any atom is -0.352 e. The predicted molar refractivity (Wildman–Crippen MR) is 97.4 cm³/mol. The number of amides is 2. The lowest BCUT2D eigenvalue weighted by atomic mass is 9.96. The Kier molecular flexibility index (Phi) is 4.73. The molecule has 1 aliphatic heterocycles. The number of hydrogen-bond acceptors (Lipinski definition) is 3. The van der Waals surface area contributed by atoms with Gasteiger partial charge in [-0.15, -0.1) is 0 Å². The van der Waals surface area contributed by atoms with Gasteiger partial charge in [-0.2, -0.15) is 5.10 Å². The smallest absolute Gasteiger partial charge is 0.225 e. The molecule has 1 saturated heterocycles. The van der Waals surface area contributed by atoms with E-state index in [1.807, 2.05) is 41.4 Å². The fourth-order valence-corrected chi connectivity index (χ4v) is 3.54. The Morgan fingerprint density at radius 2 is 2.04 bits per heavy atom. The average Bonchev–Trinajstić information content (AvgIpc) is 3.39. The summed E-state index contributed by atoms with van der Waals surface area (Å²) in [4.78, 5) is 26.7. The summed E-state index contributed by atoms with van der Waals surface area (Å²) in [6, 6.07) is 9.86. The average molecular weight is 352 g/mol. The van der Waals surface area contributed by atoms with Crippen LogP contribution >= 0.6 is 0 Å². The number of carbonyl (C=O) groups excluding carboxylic acids is 2. The molecule has 0 radical (unpaired) electrons. The van der Waals surface area contributed by atoms with Gasteiger partial charge in [0.1, 0.15) is 0 Å². The van der Waals surface area contributed by atoms with Crippen molar-refractivity contribution in [1.82, 2.24) is 20.0 Å². The second kappa shape index (κ2) is 7.32. The molecule has 2 amide bonds. The Hall–Kier alpha value is -2.63.